The minimum Gasteiger partial charge on any atom is -0.461 e. The molecule has 0 amide bonds. The van der Waals surface area contributed by atoms with Gasteiger partial charge in [0.2, 0.25) is 0 Å². The predicted molar refractivity (Wildman–Crippen MR) is 134 cm³/mol. The quantitative estimate of drug-likeness (QED) is 0.306. The molecule has 0 bridgehead atoms. The lowest BCUT2D eigenvalue weighted by molar-refractivity contribution is -0.152. The standard InChI is InChI=1S/C28H26O7S/c1-19(29)34-28-25(32-17-20-11-5-2-6-12-20)24(35-27(31)22-15-9-4-10-16-22)23(36-28)18-33-26(30)21-13-7-3-8-14-21/h2-16,23-25,28H,17-18H2,1H3/t23-,24-,25-,28?/m0/s1. The van der Waals surface area contributed by atoms with Crippen molar-refractivity contribution in [3.8, 4) is 0 Å². The molecule has 0 aromatic heterocycles. The summed E-state index contributed by atoms with van der Waals surface area (Å²) in [7, 11) is 0. The lowest BCUT2D eigenvalue weighted by Gasteiger charge is -2.25. The van der Waals surface area contributed by atoms with E-state index in [1.165, 1.54) is 18.7 Å². The second-order valence-corrected chi connectivity index (χ2v) is 9.46. The number of carbonyl (C=O) groups excluding carboxylic acids is 3. The van der Waals surface area contributed by atoms with Crippen LogP contribution < -0.4 is 0 Å². The van der Waals surface area contributed by atoms with E-state index in [0.29, 0.717) is 11.1 Å². The van der Waals surface area contributed by atoms with E-state index >= 15 is 0 Å². The zero-order valence-electron chi connectivity index (χ0n) is 19.6. The Bertz CT molecular complexity index is 1150. The van der Waals surface area contributed by atoms with Gasteiger partial charge in [0.15, 0.2) is 5.44 Å². The molecule has 0 saturated carbocycles. The predicted octanol–water partition coefficient (Wildman–Crippen LogP) is 4.66. The monoisotopic (exact) mass is 506 g/mol. The zero-order valence-corrected chi connectivity index (χ0v) is 20.5. The van der Waals surface area contributed by atoms with E-state index in [4.69, 9.17) is 18.9 Å². The van der Waals surface area contributed by atoms with Crippen LogP contribution in [-0.4, -0.2) is 47.4 Å². The van der Waals surface area contributed by atoms with Gasteiger partial charge in [-0.3, -0.25) is 4.79 Å². The van der Waals surface area contributed by atoms with Gasteiger partial charge in [0.1, 0.15) is 18.8 Å². The zero-order chi connectivity index (χ0) is 25.3. The Morgan fingerprint density at radius 3 is 1.86 bits per heavy atom. The molecule has 3 aromatic carbocycles. The van der Waals surface area contributed by atoms with Crippen LogP contribution in [-0.2, 0) is 30.3 Å². The van der Waals surface area contributed by atoms with Crippen molar-refractivity contribution in [3.63, 3.8) is 0 Å². The minimum atomic E-state index is -0.834. The topological polar surface area (TPSA) is 88.1 Å². The van der Waals surface area contributed by atoms with Gasteiger partial charge in [-0.2, -0.15) is 0 Å². The first kappa shape index (κ1) is 25.5. The van der Waals surface area contributed by atoms with Gasteiger partial charge in [0.25, 0.3) is 0 Å². The summed E-state index contributed by atoms with van der Waals surface area (Å²) in [5.41, 5.74) is 0.948. The van der Waals surface area contributed by atoms with Crippen molar-refractivity contribution >= 4 is 29.7 Å². The molecule has 4 atom stereocenters. The summed E-state index contributed by atoms with van der Waals surface area (Å²) in [6, 6.07) is 26.7. The average Bonchev–Trinajstić information content (AvgIpc) is 3.22. The van der Waals surface area contributed by atoms with Gasteiger partial charge in [-0.05, 0) is 29.8 Å². The Morgan fingerprint density at radius 1 is 0.722 bits per heavy atom. The van der Waals surface area contributed by atoms with Crippen molar-refractivity contribution in [1.29, 1.82) is 0 Å². The summed E-state index contributed by atoms with van der Waals surface area (Å²) < 4.78 is 23.1. The Labute approximate surface area is 213 Å². The van der Waals surface area contributed by atoms with Gasteiger partial charge in [0, 0.05) is 6.92 Å². The van der Waals surface area contributed by atoms with E-state index in [2.05, 4.69) is 0 Å². The lowest BCUT2D eigenvalue weighted by Crippen LogP contribution is -2.41. The molecule has 186 valence electrons. The summed E-state index contributed by atoms with van der Waals surface area (Å²) >= 11 is 1.24. The van der Waals surface area contributed by atoms with Crippen LogP contribution >= 0.6 is 11.8 Å². The maximum absolute atomic E-state index is 13.0. The fourth-order valence-corrected chi connectivity index (χ4v) is 5.19. The summed E-state index contributed by atoms with van der Waals surface area (Å²) in [4.78, 5) is 37.3. The average molecular weight is 507 g/mol. The van der Waals surface area contributed by atoms with Crippen LogP contribution in [0.15, 0.2) is 91.0 Å². The Hall–Kier alpha value is -3.62. The highest BCUT2D eigenvalue weighted by Crippen LogP contribution is 2.40. The highest BCUT2D eigenvalue weighted by molar-refractivity contribution is 8.00. The molecule has 36 heavy (non-hydrogen) atoms. The summed E-state index contributed by atoms with van der Waals surface area (Å²) in [5, 5.41) is -0.518. The largest absolute Gasteiger partial charge is 0.461 e. The molecule has 0 radical (unpaired) electrons. The van der Waals surface area contributed by atoms with E-state index in [0.717, 1.165) is 5.56 Å². The van der Waals surface area contributed by atoms with Crippen LogP contribution in [0, 0.1) is 0 Å². The number of rotatable bonds is 9. The van der Waals surface area contributed by atoms with Gasteiger partial charge < -0.3 is 18.9 Å². The molecular formula is C28H26O7S. The number of ether oxygens (including phenoxy) is 4. The lowest BCUT2D eigenvalue weighted by atomic mass is 10.1. The van der Waals surface area contributed by atoms with Crippen LogP contribution in [0.3, 0.4) is 0 Å². The van der Waals surface area contributed by atoms with Gasteiger partial charge in [-0.15, -0.1) is 11.8 Å². The number of benzene rings is 3. The summed E-state index contributed by atoms with van der Waals surface area (Å²) in [6.07, 6.45) is -1.61. The van der Waals surface area contributed by atoms with Crippen LogP contribution in [0.2, 0.25) is 0 Å². The Balaban J connectivity index is 1.54. The van der Waals surface area contributed by atoms with E-state index in [9.17, 15) is 14.4 Å². The molecular weight excluding hydrogens is 480 g/mol. The normalized spacial score (nSPS) is 20.9. The van der Waals surface area contributed by atoms with Crippen LogP contribution in [0.25, 0.3) is 0 Å². The second-order valence-electron chi connectivity index (χ2n) is 8.11. The Kier molecular flexibility index (Phi) is 8.76. The number of esters is 3. The van der Waals surface area contributed by atoms with Crippen LogP contribution in [0.4, 0.5) is 0 Å². The highest BCUT2D eigenvalue weighted by atomic mass is 32.2. The fourth-order valence-electron chi connectivity index (χ4n) is 3.75. The van der Waals surface area contributed by atoms with Crippen LogP contribution in [0.1, 0.15) is 33.2 Å². The number of carbonyl (C=O) groups is 3. The number of hydrogen-bond donors (Lipinski definition) is 0. The fraction of sp³-hybridized carbons (Fsp3) is 0.250. The minimum absolute atomic E-state index is 0.0614. The molecule has 1 saturated heterocycles. The van der Waals surface area contributed by atoms with Crippen molar-refractivity contribution < 1.29 is 33.3 Å². The molecule has 0 aliphatic carbocycles. The van der Waals surface area contributed by atoms with E-state index < -0.39 is 40.8 Å². The van der Waals surface area contributed by atoms with Gasteiger partial charge in [-0.25, -0.2) is 9.59 Å². The Morgan fingerprint density at radius 2 is 1.28 bits per heavy atom. The molecule has 0 N–H and O–H groups in total. The number of hydrogen-bond acceptors (Lipinski definition) is 8. The van der Waals surface area contributed by atoms with Gasteiger partial charge >= 0.3 is 17.9 Å². The first-order chi connectivity index (χ1) is 17.5. The van der Waals surface area contributed by atoms with Gasteiger partial charge in [0.05, 0.1) is 23.0 Å². The maximum atomic E-state index is 13.0. The molecule has 1 fully saturated rings. The SMILES string of the molecule is CC(=O)OC1S[C@@H](COC(=O)c2ccccc2)[C@H](OC(=O)c2ccccc2)[C@@H]1OCc1ccccc1. The van der Waals surface area contributed by atoms with Crippen molar-refractivity contribution in [2.24, 2.45) is 0 Å². The third-order valence-corrected chi connectivity index (χ3v) is 6.86. The molecule has 4 rings (SSSR count). The molecule has 1 aliphatic rings. The van der Waals surface area contributed by atoms with Crippen molar-refractivity contribution in [1.82, 2.24) is 0 Å². The maximum Gasteiger partial charge on any atom is 0.338 e. The van der Waals surface area contributed by atoms with E-state index in [-0.39, 0.29) is 13.2 Å². The second kappa shape index (κ2) is 12.4. The van der Waals surface area contributed by atoms with Crippen molar-refractivity contribution in [2.75, 3.05) is 6.61 Å². The molecule has 8 heteroatoms. The van der Waals surface area contributed by atoms with Gasteiger partial charge in [-0.1, -0.05) is 66.7 Å². The molecule has 3 aromatic rings. The molecule has 0 spiro atoms. The third kappa shape index (κ3) is 6.74. The van der Waals surface area contributed by atoms with Crippen LogP contribution in [0.5, 0.6) is 0 Å². The molecule has 1 aliphatic heterocycles. The smallest absolute Gasteiger partial charge is 0.338 e. The van der Waals surface area contributed by atoms with E-state index in [1.807, 2.05) is 30.3 Å². The molecule has 1 heterocycles. The highest BCUT2D eigenvalue weighted by Gasteiger charge is 2.50. The molecule has 7 nitrogen and oxygen atoms in total. The first-order valence-electron chi connectivity index (χ1n) is 11.5. The number of thioether (sulfide) groups is 1. The summed E-state index contributed by atoms with van der Waals surface area (Å²) in [5.74, 6) is -1.53. The third-order valence-electron chi connectivity index (χ3n) is 5.48. The first-order valence-corrected chi connectivity index (χ1v) is 12.4. The van der Waals surface area contributed by atoms with Crippen molar-refractivity contribution in [3.05, 3.63) is 108 Å². The van der Waals surface area contributed by atoms with E-state index in [1.54, 1.807) is 60.7 Å². The molecule has 1 unspecified atom stereocenters. The van der Waals surface area contributed by atoms with Crippen molar-refractivity contribution in [2.45, 2.75) is 36.4 Å². The summed E-state index contributed by atoms with van der Waals surface area (Å²) in [6.45, 7) is 1.47.